The number of aliphatic hydroxyl groups is 1. The third-order valence-corrected chi connectivity index (χ3v) is 6.31. The Balaban J connectivity index is 1.79. The van der Waals surface area contributed by atoms with Crippen LogP contribution in [0.2, 0.25) is 0 Å². The van der Waals surface area contributed by atoms with E-state index >= 15 is 0 Å². The van der Waals surface area contributed by atoms with Crippen LogP contribution >= 0.6 is 0 Å². The van der Waals surface area contributed by atoms with Gasteiger partial charge in [0.2, 0.25) is 0 Å². The number of oxime groups is 1. The van der Waals surface area contributed by atoms with Gasteiger partial charge in [-0.15, -0.1) is 0 Å². The van der Waals surface area contributed by atoms with Crippen LogP contribution in [0.5, 0.6) is 11.5 Å². The molecule has 1 atom stereocenters. The van der Waals surface area contributed by atoms with E-state index in [1.165, 1.54) is 12.1 Å². The van der Waals surface area contributed by atoms with Crippen LogP contribution in [0.4, 0.5) is 0 Å². The topological polar surface area (TPSA) is 102 Å². The number of benzene rings is 2. The quantitative estimate of drug-likeness (QED) is 0.445. The molecule has 0 aromatic heterocycles. The van der Waals surface area contributed by atoms with Crippen LogP contribution < -0.4 is 4.74 Å². The van der Waals surface area contributed by atoms with Crippen molar-refractivity contribution in [1.82, 2.24) is 0 Å². The van der Waals surface area contributed by atoms with Gasteiger partial charge in [-0.3, -0.25) is 4.79 Å². The Labute approximate surface area is 188 Å². The molecule has 1 unspecified atom stereocenters. The number of Topliss-reactive ketones (excluding diaryl/α,β-unsaturated/α-hetero) is 1. The molecular formula is C24H27NO6S. The summed E-state index contributed by atoms with van der Waals surface area (Å²) >= 11 is 0. The van der Waals surface area contributed by atoms with Gasteiger partial charge in [0.1, 0.15) is 23.9 Å². The molecule has 1 aliphatic rings. The van der Waals surface area contributed by atoms with Gasteiger partial charge in [0, 0.05) is 19.1 Å². The monoisotopic (exact) mass is 457 g/mol. The normalized spacial score (nSPS) is 17.4. The lowest BCUT2D eigenvalue weighted by molar-refractivity contribution is -0.116. The Morgan fingerprint density at radius 2 is 1.81 bits per heavy atom. The molecule has 1 aliphatic carbocycles. The summed E-state index contributed by atoms with van der Waals surface area (Å²) in [6.07, 6.45) is 2.20. The van der Waals surface area contributed by atoms with Gasteiger partial charge in [0.25, 0.3) is 0 Å². The van der Waals surface area contributed by atoms with Crippen molar-refractivity contribution in [2.24, 2.45) is 5.16 Å². The SMILES string of the molecule is CCO/N=C(/CC)C1=C(O)CC(c2cccc(Oc3ccc(S(C)(=O)=O)cc3)c2)CC1=O. The number of carbonyl (C=O) groups excluding carboxylic acids is 1. The van der Waals surface area contributed by atoms with E-state index in [0.717, 1.165) is 11.8 Å². The first kappa shape index (κ1) is 23.5. The van der Waals surface area contributed by atoms with E-state index in [2.05, 4.69) is 5.16 Å². The van der Waals surface area contributed by atoms with Gasteiger partial charge in [0.15, 0.2) is 15.6 Å². The van der Waals surface area contributed by atoms with Gasteiger partial charge in [-0.05, 0) is 61.2 Å². The molecule has 170 valence electrons. The molecule has 0 heterocycles. The molecule has 0 fully saturated rings. The summed E-state index contributed by atoms with van der Waals surface area (Å²) in [6, 6.07) is 13.5. The van der Waals surface area contributed by atoms with E-state index in [1.54, 1.807) is 25.1 Å². The van der Waals surface area contributed by atoms with E-state index in [9.17, 15) is 18.3 Å². The summed E-state index contributed by atoms with van der Waals surface area (Å²) < 4.78 is 29.1. The Morgan fingerprint density at radius 3 is 2.41 bits per heavy atom. The molecule has 0 aliphatic heterocycles. The lowest BCUT2D eigenvalue weighted by Gasteiger charge is -2.24. The zero-order valence-electron chi connectivity index (χ0n) is 18.4. The first-order valence-corrected chi connectivity index (χ1v) is 12.3. The van der Waals surface area contributed by atoms with Crippen LogP contribution in [-0.4, -0.2) is 37.9 Å². The van der Waals surface area contributed by atoms with Crippen molar-refractivity contribution in [2.45, 2.75) is 43.9 Å². The first-order valence-electron chi connectivity index (χ1n) is 10.4. The molecule has 0 radical (unpaired) electrons. The minimum atomic E-state index is -3.27. The second kappa shape index (κ2) is 9.99. The maximum Gasteiger partial charge on any atom is 0.175 e. The highest BCUT2D eigenvalue weighted by Crippen LogP contribution is 2.36. The lowest BCUT2D eigenvalue weighted by Crippen LogP contribution is -2.23. The number of rotatable bonds is 8. The summed E-state index contributed by atoms with van der Waals surface area (Å²) in [5.74, 6) is 0.728. The molecule has 32 heavy (non-hydrogen) atoms. The van der Waals surface area contributed by atoms with E-state index in [1.807, 2.05) is 25.1 Å². The lowest BCUT2D eigenvalue weighted by atomic mass is 9.81. The summed E-state index contributed by atoms with van der Waals surface area (Å²) in [5.41, 5.74) is 1.59. The second-order valence-corrected chi connectivity index (χ2v) is 9.59. The number of ketones is 1. The Morgan fingerprint density at radius 1 is 1.09 bits per heavy atom. The third kappa shape index (κ3) is 5.56. The molecule has 8 heteroatoms. The maximum atomic E-state index is 12.8. The van der Waals surface area contributed by atoms with Crippen molar-refractivity contribution < 1.29 is 27.9 Å². The molecule has 7 nitrogen and oxygen atoms in total. The fourth-order valence-electron chi connectivity index (χ4n) is 3.61. The second-order valence-electron chi connectivity index (χ2n) is 7.58. The van der Waals surface area contributed by atoms with Crippen LogP contribution in [0.3, 0.4) is 0 Å². The summed E-state index contributed by atoms with van der Waals surface area (Å²) in [5, 5.41) is 14.6. The molecule has 2 aromatic carbocycles. The standard InChI is InChI=1S/C24H27NO6S/c1-4-21(25-30-5-2)24-22(26)14-17(15-23(24)27)16-7-6-8-19(13-16)31-18-9-11-20(12-10-18)32(3,28)29/h6-13,17,26H,4-5,14-15H2,1-3H3/b25-21-. The third-order valence-electron chi connectivity index (χ3n) is 5.18. The number of hydrogen-bond acceptors (Lipinski definition) is 7. The van der Waals surface area contributed by atoms with Crippen molar-refractivity contribution in [3.63, 3.8) is 0 Å². The molecular weight excluding hydrogens is 430 g/mol. The van der Waals surface area contributed by atoms with Crippen LogP contribution in [0.25, 0.3) is 0 Å². The first-order chi connectivity index (χ1) is 15.2. The van der Waals surface area contributed by atoms with Crippen molar-refractivity contribution in [3.8, 4) is 11.5 Å². The zero-order chi connectivity index (χ0) is 23.3. The number of nitrogens with zero attached hydrogens (tertiary/aromatic N) is 1. The van der Waals surface area contributed by atoms with Crippen LogP contribution in [0.1, 0.15) is 44.6 Å². The van der Waals surface area contributed by atoms with E-state index in [0.29, 0.717) is 36.7 Å². The highest BCUT2D eigenvalue weighted by molar-refractivity contribution is 7.90. The molecule has 0 amide bonds. The van der Waals surface area contributed by atoms with Crippen molar-refractivity contribution in [3.05, 3.63) is 65.4 Å². The van der Waals surface area contributed by atoms with Crippen LogP contribution in [0, 0.1) is 0 Å². The molecule has 0 bridgehead atoms. The van der Waals surface area contributed by atoms with Crippen molar-refractivity contribution in [2.75, 3.05) is 12.9 Å². The summed E-state index contributed by atoms with van der Waals surface area (Å²) in [7, 11) is -3.27. The average molecular weight is 458 g/mol. The fourth-order valence-corrected chi connectivity index (χ4v) is 4.24. The van der Waals surface area contributed by atoms with Gasteiger partial charge in [-0.25, -0.2) is 8.42 Å². The molecule has 0 spiro atoms. The number of allylic oxidation sites excluding steroid dienone is 2. The van der Waals surface area contributed by atoms with E-state index in [4.69, 9.17) is 9.57 Å². The number of ether oxygens (including phenoxy) is 1. The Kier molecular flexibility index (Phi) is 7.35. The van der Waals surface area contributed by atoms with Crippen molar-refractivity contribution >= 4 is 21.3 Å². The minimum Gasteiger partial charge on any atom is -0.511 e. The van der Waals surface area contributed by atoms with Crippen LogP contribution in [0.15, 0.2) is 69.9 Å². The van der Waals surface area contributed by atoms with Gasteiger partial charge in [0.05, 0.1) is 16.2 Å². The zero-order valence-corrected chi connectivity index (χ0v) is 19.2. The molecule has 2 aromatic rings. The summed E-state index contributed by atoms with van der Waals surface area (Å²) in [4.78, 5) is 18.1. The molecule has 3 rings (SSSR count). The Bertz CT molecular complexity index is 1150. The number of aliphatic hydroxyl groups excluding tert-OH is 1. The van der Waals surface area contributed by atoms with Gasteiger partial charge in [-0.1, -0.05) is 24.2 Å². The smallest absolute Gasteiger partial charge is 0.175 e. The predicted molar refractivity (Wildman–Crippen MR) is 122 cm³/mol. The minimum absolute atomic E-state index is 0.0224. The van der Waals surface area contributed by atoms with Gasteiger partial charge < -0.3 is 14.7 Å². The molecule has 0 saturated carbocycles. The van der Waals surface area contributed by atoms with E-state index in [-0.39, 0.29) is 34.3 Å². The number of carbonyl (C=O) groups is 1. The van der Waals surface area contributed by atoms with Gasteiger partial charge in [-0.2, -0.15) is 0 Å². The average Bonchev–Trinajstić information content (AvgIpc) is 2.75. The van der Waals surface area contributed by atoms with E-state index < -0.39 is 9.84 Å². The van der Waals surface area contributed by atoms with Crippen molar-refractivity contribution in [1.29, 1.82) is 0 Å². The van der Waals surface area contributed by atoms with Crippen LogP contribution in [-0.2, 0) is 19.5 Å². The predicted octanol–water partition coefficient (Wildman–Crippen LogP) is 4.94. The highest BCUT2D eigenvalue weighted by Gasteiger charge is 2.31. The highest BCUT2D eigenvalue weighted by atomic mass is 32.2. The molecule has 0 saturated heterocycles. The number of hydrogen-bond donors (Lipinski definition) is 1. The fraction of sp³-hybridized carbons (Fsp3) is 0.333. The number of sulfone groups is 1. The largest absolute Gasteiger partial charge is 0.511 e. The molecule has 1 N–H and O–H groups in total. The maximum absolute atomic E-state index is 12.8. The Hall–Kier alpha value is -3.13. The van der Waals surface area contributed by atoms with Gasteiger partial charge >= 0.3 is 0 Å². The summed E-state index contributed by atoms with van der Waals surface area (Å²) in [6.45, 7) is 4.05.